The molecule has 11 heavy (non-hydrogen) atoms. The summed E-state index contributed by atoms with van der Waals surface area (Å²) in [4.78, 5) is 13.0. The predicted octanol–water partition coefficient (Wildman–Crippen LogP) is 1.07. The molecule has 0 N–H and O–H groups in total. The molecule has 0 aromatic heterocycles. The molecule has 0 saturated heterocycles. The van der Waals surface area contributed by atoms with Gasteiger partial charge < -0.3 is 4.90 Å². The van der Waals surface area contributed by atoms with Crippen LogP contribution in [0.15, 0.2) is 18.2 Å². The number of hydrogen-bond donors (Lipinski definition) is 0. The van der Waals surface area contributed by atoms with E-state index in [1.165, 1.54) is 0 Å². The number of amides is 1. The largest absolute Gasteiger partial charge is 0.337 e. The second-order valence-electron chi connectivity index (χ2n) is 2.73. The molecule has 2 rings (SSSR count). The second kappa shape index (κ2) is 2.09. The first-order chi connectivity index (χ1) is 5.29. The Morgan fingerprint density at radius 1 is 1.64 bits per heavy atom. The molecule has 0 fully saturated rings. The minimum absolute atomic E-state index is 0.0839. The van der Waals surface area contributed by atoms with Crippen molar-refractivity contribution in [1.82, 2.24) is 4.90 Å². The number of nitrogens with zero attached hydrogens (tertiary/aromatic N) is 1. The highest BCUT2D eigenvalue weighted by Crippen LogP contribution is 2.19. The summed E-state index contributed by atoms with van der Waals surface area (Å²) in [7, 11) is 1.80. The molecule has 1 aromatic rings. The van der Waals surface area contributed by atoms with Crippen molar-refractivity contribution in [2.75, 3.05) is 7.05 Å². The molecule has 2 heteroatoms. The van der Waals surface area contributed by atoms with Crippen LogP contribution in [0.1, 0.15) is 15.9 Å². The van der Waals surface area contributed by atoms with E-state index in [9.17, 15) is 4.79 Å². The van der Waals surface area contributed by atoms with Gasteiger partial charge in [0.05, 0.1) is 5.56 Å². The first-order valence-electron chi connectivity index (χ1n) is 3.54. The van der Waals surface area contributed by atoms with E-state index in [1.54, 1.807) is 18.0 Å². The minimum Gasteiger partial charge on any atom is -0.337 e. The van der Waals surface area contributed by atoms with Crippen LogP contribution < -0.4 is 0 Å². The van der Waals surface area contributed by atoms with Crippen LogP contribution in [-0.4, -0.2) is 17.9 Å². The lowest BCUT2D eigenvalue weighted by Crippen LogP contribution is -2.17. The van der Waals surface area contributed by atoms with Gasteiger partial charge in [0.25, 0.3) is 5.91 Å². The molecule has 0 aliphatic carbocycles. The number of hydrogen-bond acceptors (Lipinski definition) is 1. The molecule has 55 valence electrons. The summed E-state index contributed by atoms with van der Waals surface area (Å²) in [6.45, 7) is 0.728. The first kappa shape index (κ1) is 6.40. The van der Waals surface area contributed by atoms with E-state index in [2.05, 4.69) is 6.07 Å². The van der Waals surface area contributed by atoms with E-state index in [1.807, 2.05) is 12.1 Å². The van der Waals surface area contributed by atoms with Crippen LogP contribution in [0.3, 0.4) is 0 Å². The Morgan fingerprint density at radius 3 is 3.18 bits per heavy atom. The van der Waals surface area contributed by atoms with Gasteiger partial charge in [0.1, 0.15) is 0 Å². The third-order valence-corrected chi connectivity index (χ3v) is 1.91. The average Bonchev–Trinajstić information content (AvgIpc) is 2.30. The Labute approximate surface area is 65.4 Å². The van der Waals surface area contributed by atoms with E-state index < -0.39 is 0 Å². The lowest BCUT2D eigenvalue weighted by atomic mass is 10.1. The maximum Gasteiger partial charge on any atom is 0.254 e. The van der Waals surface area contributed by atoms with Gasteiger partial charge in [-0.25, -0.2) is 0 Å². The number of carbonyl (C=O) groups is 1. The molecule has 1 radical (unpaired) electrons. The van der Waals surface area contributed by atoms with Crippen molar-refractivity contribution < 1.29 is 4.79 Å². The quantitative estimate of drug-likeness (QED) is 0.536. The third kappa shape index (κ3) is 0.827. The number of benzene rings is 1. The fraction of sp³-hybridized carbons (Fsp3) is 0.222. The van der Waals surface area contributed by atoms with Gasteiger partial charge >= 0.3 is 0 Å². The molecule has 1 aromatic carbocycles. The molecule has 0 bridgehead atoms. The number of rotatable bonds is 0. The molecule has 1 amide bonds. The summed E-state index contributed by atoms with van der Waals surface area (Å²) in [6.07, 6.45) is 0. The normalized spacial score (nSPS) is 15.4. The van der Waals surface area contributed by atoms with Crippen LogP contribution in [0.5, 0.6) is 0 Å². The van der Waals surface area contributed by atoms with Gasteiger partial charge in [-0.2, -0.15) is 0 Å². The minimum atomic E-state index is 0.0839. The first-order valence-corrected chi connectivity index (χ1v) is 3.54. The van der Waals surface area contributed by atoms with Crippen LogP contribution in [0.4, 0.5) is 0 Å². The predicted molar refractivity (Wildman–Crippen MR) is 41.1 cm³/mol. The molecule has 0 spiro atoms. The lowest BCUT2D eigenvalue weighted by molar-refractivity contribution is 0.0816. The zero-order valence-corrected chi connectivity index (χ0v) is 6.29. The van der Waals surface area contributed by atoms with Crippen molar-refractivity contribution in [2.24, 2.45) is 0 Å². The van der Waals surface area contributed by atoms with Gasteiger partial charge in [-0.1, -0.05) is 18.2 Å². The molecule has 0 saturated carbocycles. The van der Waals surface area contributed by atoms with Crippen molar-refractivity contribution in [3.63, 3.8) is 0 Å². The van der Waals surface area contributed by atoms with Crippen LogP contribution in [0, 0.1) is 6.07 Å². The van der Waals surface area contributed by atoms with Gasteiger partial charge in [0.15, 0.2) is 0 Å². The maximum atomic E-state index is 11.3. The standard InChI is InChI=1S/C9H8NO/c1-10-6-7-4-2-3-5-8(7)9(10)11/h2-4H,6H2,1H3. The van der Waals surface area contributed by atoms with Crippen molar-refractivity contribution in [3.8, 4) is 0 Å². The van der Waals surface area contributed by atoms with Gasteiger partial charge in [-0.05, 0) is 11.6 Å². The summed E-state index contributed by atoms with van der Waals surface area (Å²) in [6, 6.07) is 8.59. The molecule has 1 aliphatic rings. The summed E-state index contributed by atoms with van der Waals surface area (Å²) < 4.78 is 0. The zero-order chi connectivity index (χ0) is 7.84. The van der Waals surface area contributed by atoms with E-state index in [-0.39, 0.29) is 5.91 Å². The van der Waals surface area contributed by atoms with Crippen LogP contribution in [0.2, 0.25) is 0 Å². The molecule has 1 heterocycles. The Balaban J connectivity index is 2.55. The highest BCUT2D eigenvalue weighted by Gasteiger charge is 2.22. The summed E-state index contributed by atoms with van der Waals surface area (Å²) in [5.41, 5.74) is 1.81. The van der Waals surface area contributed by atoms with Crippen LogP contribution in [-0.2, 0) is 6.54 Å². The highest BCUT2D eigenvalue weighted by atomic mass is 16.2. The fourth-order valence-electron chi connectivity index (χ4n) is 1.32. The maximum absolute atomic E-state index is 11.3. The topological polar surface area (TPSA) is 20.3 Å². The molecule has 2 nitrogen and oxygen atoms in total. The van der Waals surface area contributed by atoms with Crippen molar-refractivity contribution >= 4 is 5.91 Å². The Hall–Kier alpha value is -1.31. The van der Waals surface area contributed by atoms with E-state index in [0.717, 1.165) is 17.7 Å². The second-order valence-corrected chi connectivity index (χ2v) is 2.73. The Bertz CT molecular complexity index is 306. The van der Waals surface area contributed by atoms with Crippen molar-refractivity contribution in [2.45, 2.75) is 6.54 Å². The Morgan fingerprint density at radius 2 is 2.45 bits per heavy atom. The van der Waals surface area contributed by atoms with Gasteiger partial charge in [-0.3, -0.25) is 4.79 Å². The van der Waals surface area contributed by atoms with E-state index in [0.29, 0.717) is 0 Å². The molecular formula is C9H8NO. The number of carbonyl (C=O) groups excluding carboxylic acids is 1. The van der Waals surface area contributed by atoms with Crippen LogP contribution in [0.25, 0.3) is 0 Å². The van der Waals surface area contributed by atoms with Gasteiger partial charge in [0.2, 0.25) is 0 Å². The summed E-state index contributed by atoms with van der Waals surface area (Å²) >= 11 is 0. The smallest absolute Gasteiger partial charge is 0.254 e. The SMILES string of the molecule is CN1Cc2ccc[c]c2C1=O. The third-order valence-electron chi connectivity index (χ3n) is 1.91. The molecular weight excluding hydrogens is 138 g/mol. The van der Waals surface area contributed by atoms with Crippen molar-refractivity contribution in [3.05, 3.63) is 35.4 Å². The highest BCUT2D eigenvalue weighted by molar-refractivity contribution is 5.97. The van der Waals surface area contributed by atoms with Crippen molar-refractivity contribution in [1.29, 1.82) is 0 Å². The van der Waals surface area contributed by atoms with Gasteiger partial charge in [0, 0.05) is 13.6 Å². The van der Waals surface area contributed by atoms with Crippen LogP contribution >= 0.6 is 0 Å². The monoisotopic (exact) mass is 146 g/mol. The lowest BCUT2D eigenvalue weighted by Gasteiger charge is -2.04. The van der Waals surface area contributed by atoms with E-state index >= 15 is 0 Å². The summed E-state index contributed by atoms with van der Waals surface area (Å²) in [5, 5.41) is 0. The average molecular weight is 146 g/mol. The van der Waals surface area contributed by atoms with Gasteiger partial charge in [-0.15, -0.1) is 0 Å². The Kier molecular flexibility index (Phi) is 1.22. The fourth-order valence-corrected chi connectivity index (χ4v) is 1.32. The zero-order valence-electron chi connectivity index (χ0n) is 6.29. The summed E-state index contributed by atoms with van der Waals surface area (Å²) in [5.74, 6) is 0.0839. The molecule has 0 unspecified atom stereocenters. The van der Waals surface area contributed by atoms with E-state index in [4.69, 9.17) is 0 Å². The molecule has 0 atom stereocenters. The molecule has 1 aliphatic heterocycles. The number of fused-ring (bicyclic) bond motifs is 1.